The maximum absolute atomic E-state index is 9.71. The Kier molecular flexibility index (Phi) is 5.79. The second kappa shape index (κ2) is 8.44. The van der Waals surface area contributed by atoms with Gasteiger partial charge in [-0.25, -0.2) is 0 Å². The summed E-state index contributed by atoms with van der Waals surface area (Å²) in [5, 5.41) is 10.0. The van der Waals surface area contributed by atoms with Crippen LogP contribution in [0.15, 0.2) is 47.4 Å². The first-order valence-electron chi connectivity index (χ1n) is 9.80. The van der Waals surface area contributed by atoms with Gasteiger partial charge in [-0.15, -0.1) is 11.8 Å². The number of thioether (sulfide) groups is 1. The summed E-state index contributed by atoms with van der Waals surface area (Å²) in [6.07, 6.45) is 3.95. The average Bonchev–Trinajstić information content (AvgIpc) is 2.69. The predicted molar refractivity (Wildman–Crippen MR) is 109 cm³/mol. The quantitative estimate of drug-likeness (QED) is 0.795. The Balaban J connectivity index is 1.35. The van der Waals surface area contributed by atoms with Crippen LogP contribution < -0.4 is 9.47 Å². The van der Waals surface area contributed by atoms with Crippen LogP contribution in [0.2, 0.25) is 0 Å². The molecule has 5 heteroatoms. The highest BCUT2D eigenvalue weighted by atomic mass is 32.2. The van der Waals surface area contributed by atoms with Crippen molar-refractivity contribution in [2.24, 2.45) is 0 Å². The molecule has 0 radical (unpaired) electrons. The van der Waals surface area contributed by atoms with Crippen molar-refractivity contribution in [3.05, 3.63) is 48.0 Å². The van der Waals surface area contributed by atoms with Crippen LogP contribution in [0.25, 0.3) is 0 Å². The van der Waals surface area contributed by atoms with E-state index in [0.29, 0.717) is 5.25 Å². The van der Waals surface area contributed by atoms with Gasteiger partial charge in [-0.1, -0.05) is 18.6 Å². The molecule has 0 aromatic heterocycles. The smallest absolute Gasteiger partial charge is 0.137 e. The molecule has 0 aliphatic carbocycles. The summed E-state index contributed by atoms with van der Waals surface area (Å²) in [5.41, 5.74) is 1.13. The monoisotopic (exact) mass is 385 g/mol. The highest BCUT2D eigenvalue weighted by molar-refractivity contribution is 8.00. The topological polar surface area (TPSA) is 41.9 Å². The summed E-state index contributed by atoms with van der Waals surface area (Å²) in [5.74, 6) is 1.90. The summed E-state index contributed by atoms with van der Waals surface area (Å²) < 4.78 is 12.1. The van der Waals surface area contributed by atoms with Crippen LogP contribution in [0.4, 0.5) is 0 Å². The van der Waals surface area contributed by atoms with Crippen LogP contribution in [-0.4, -0.2) is 41.5 Å². The van der Waals surface area contributed by atoms with E-state index in [4.69, 9.17) is 9.47 Å². The molecule has 0 unspecified atom stereocenters. The molecular weight excluding hydrogens is 358 g/mol. The molecule has 1 fully saturated rings. The fourth-order valence-corrected chi connectivity index (χ4v) is 4.86. The minimum atomic E-state index is -0.0355. The summed E-state index contributed by atoms with van der Waals surface area (Å²) in [4.78, 5) is 3.56. The molecule has 144 valence electrons. The van der Waals surface area contributed by atoms with Gasteiger partial charge >= 0.3 is 0 Å². The van der Waals surface area contributed by atoms with E-state index < -0.39 is 0 Å². The number of hydrogen-bond acceptors (Lipinski definition) is 5. The van der Waals surface area contributed by atoms with E-state index in [1.807, 2.05) is 18.2 Å². The third kappa shape index (κ3) is 4.53. The molecule has 2 heterocycles. The van der Waals surface area contributed by atoms with Crippen molar-refractivity contribution in [3.63, 3.8) is 0 Å². The average molecular weight is 386 g/mol. The van der Waals surface area contributed by atoms with Gasteiger partial charge in [0.15, 0.2) is 0 Å². The first-order chi connectivity index (χ1) is 13.2. The summed E-state index contributed by atoms with van der Waals surface area (Å²) in [6.45, 7) is 6.32. The van der Waals surface area contributed by atoms with Gasteiger partial charge < -0.3 is 14.6 Å². The number of fused-ring (bicyclic) bond motifs is 1. The van der Waals surface area contributed by atoms with Crippen molar-refractivity contribution in [2.45, 2.75) is 42.4 Å². The highest BCUT2D eigenvalue weighted by Gasteiger charge is 2.29. The number of benzene rings is 2. The third-order valence-corrected chi connectivity index (χ3v) is 6.46. The Bertz CT molecular complexity index is 759. The summed E-state index contributed by atoms with van der Waals surface area (Å²) >= 11 is 1.78. The van der Waals surface area contributed by atoms with Crippen molar-refractivity contribution in [1.82, 2.24) is 4.90 Å². The maximum atomic E-state index is 9.71. The molecule has 4 rings (SSSR count). The Morgan fingerprint density at radius 2 is 1.89 bits per heavy atom. The number of ether oxygens (including phenoxy) is 2. The van der Waals surface area contributed by atoms with E-state index in [9.17, 15) is 5.11 Å². The lowest BCUT2D eigenvalue weighted by atomic mass is 10.1. The molecule has 27 heavy (non-hydrogen) atoms. The van der Waals surface area contributed by atoms with E-state index >= 15 is 0 Å². The molecule has 2 aromatic carbocycles. The SMILES string of the molecule is C[C@@H]1Sc2ccc(O)cc2O[C@H]1c1ccc(OCCN2CCCCC2)cc1. The van der Waals surface area contributed by atoms with Crippen LogP contribution in [-0.2, 0) is 0 Å². The molecule has 1 N–H and O–H groups in total. The summed E-state index contributed by atoms with van der Waals surface area (Å²) in [6, 6.07) is 13.6. The van der Waals surface area contributed by atoms with Crippen molar-refractivity contribution in [1.29, 1.82) is 0 Å². The van der Waals surface area contributed by atoms with Crippen LogP contribution in [0, 0.1) is 0 Å². The van der Waals surface area contributed by atoms with Gasteiger partial charge in [-0.2, -0.15) is 0 Å². The molecule has 1 saturated heterocycles. The first kappa shape index (κ1) is 18.5. The van der Waals surface area contributed by atoms with E-state index in [0.717, 1.165) is 35.1 Å². The van der Waals surface area contributed by atoms with Crippen molar-refractivity contribution >= 4 is 11.8 Å². The zero-order valence-electron chi connectivity index (χ0n) is 15.8. The lowest BCUT2D eigenvalue weighted by Crippen LogP contribution is -2.33. The number of nitrogens with zero attached hydrogens (tertiary/aromatic N) is 1. The van der Waals surface area contributed by atoms with Gasteiger partial charge in [-0.05, 0) is 62.7 Å². The van der Waals surface area contributed by atoms with E-state index in [-0.39, 0.29) is 11.9 Å². The van der Waals surface area contributed by atoms with E-state index in [1.54, 1.807) is 23.9 Å². The first-order valence-corrected chi connectivity index (χ1v) is 10.7. The van der Waals surface area contributed by atoms with Gasteiger partial charge in [0, 0.05) is 17.9 Å². The van der Waals surface area contributed by atoms with Crippen LogP contribution in [0.5, 0.6) is 17.2 Å². The van der Waals surface area contributed by atoms with Crippen LogP contribution >= 0.6 is 11.8 Å². The number of hydrogen-bond donors (Lipinski definition) is 1. The maximum Gasteiger partial charge on any atom is 0.137 e. The van der Waals surface area contributed by atoms with Gasteiger partial charge in [0.1, 0.15) is 30.0 Å². The third-order valence-electron chi connectivity index (χ3n) is 5.25. The number of rotatable bonds is 5. The number of piperidine rings is 1. The molecule has 2 aromatic rings. The molecule has 0 bridgehead atoms. The molecule has 4 nitrogen and oxygen atoms in total. The molecular formula is C22H27NO3S. The van der Waals surface area contributed by atoms with Crippen molar-refractivity contribution in [2.75, 3.05) is 26.2 Å². The largest absolute Gasteiger partial charge is 0.508 e. The second-order valence-corrected chi connectivity index (χ2v) is 8.73. The molecule has 0 amide bonds. The van der Waals surface area contributed by atoms with Crippen molar-refractivity contribution < 1.29 is 14.6 Å². The number of likely N-dealkylation sites (tertiary alicyclic amines) is 1. The lowest BCUT2D eigenvalue weighted by Gasteiger charge is -2.31. The van der Waals surface area contributed by atoms with Crippen molar-refractivity contribution in [3.8, 4) is 17.2 Å². The summed E-state index contributed by atoms with van der Waals surface area (Å²) in [7, 11) is 0. The van der Waals surface area contributed by atoms with E-state index in [1.165, 1.54) is 32.4 Å². The number of aromatic hydroxyl groups is 1. The zero-order chi connectivity index (χ0) is 18.6. The second-order valence-electron chi connectivity index (χ2n) is 7.31. The molecule has 2 aliphatic heterocycles. The fourth-order valence-electron chi connectivity index (χ4n) is 3.75. The van der Waals surface area contributed by atoms with Gasteiger partial charge in [0.05, 0.1) is 4.90 Å². The van der Waals surface area contributed by atoms with Gasteiger partial charge in [0.2, 0.25) is 0 Å². The number of phenols is 1. The molecule has 0 saturated carbocycles. The van der Waals surface area contributed by atoms with E-state index in [2.05, 4.69) is 24.0 Å². The number of phenolic OH excluding ortho intramolecular Hbond substituents is 1. The molecule has 2 aliphatic rings. The minimum absolute atomic E-state index is 0.0355. The Hall–Kier alpha value is -1.85. The standard InChI is InChI=1S/C22H27NO3S/c1-16-22(26-20-15-18(24)7-10-21(20)27-16)17-5-8-19(9-6-17)25-14-13-23-11-3-2-4-12-23/h5-10,15-16,22,24H,2-4,11-14H2,1H3/t16-,22+/m0/s1. The lowest BCUT2D eigenvalue weighted by molar-refractivity contribution is 0.183. The predicted octanol–water partition coefficient (Wildman–Crippen LogP) is 4.87. The minimum Gasteiger partial charge on any atom is -0.508 e. The van der Waals surface area contributed by atoms with Gasteiger partial charge in [-0.3, -0.25) is 4.90 Å². The Morgan fingerprint density at radius 1 is 1.11 bits per heavy atom. The zero-order valence-corrected chi connectivity index (χ0v) is 16.6. The highest BCUT2D eigenvalue weighted by Crippen LogP contribution is 2.46. The Labute approximate surface area is 165 Å². The Morgan fingerprint density at radius 3 is 2.67 bits per heavy atom. The fraction of sp³-hybridized carbons (Fsp3) is 0.455. The normalized spacial score (nSPS) is 22.7. The van der Waals surface area contributed by atoms with Crippen LogP contribution in [0.1, 0.15) is 37.9 Å². The molecule has 0 spiro atoms. The van der Waals surface area contributed by atoms with Gasteiger partial charge in [0.25, 0.3) is 0 Å². The molecule has 2 atom stereocenters. The van der Waals surface area contributed by atoms with Crippen LogP contribution in [0.3, 0.4) is 0 Å².